The van der Waals surface area contributed by atoms with Crippen molar-refractivity contribution in [3.8, 4) is 11.1 Å². The molecule has 4 heteroatoms. The number of allylic oxidation sites excluding steroid dienone is 6. The van der Waals surface area contributed by atoms with Crippen LogP contribution in [0.4, 0.5) is 5.69 Å². The second-order valence-electron chi connectivity index (χ2n) is 7.77. The van der Waals surface area contributed by atoms with Gasteiger partial charge in [-0.1, -0.05) is 73.9 Å². The third-order valence-electron chi connectivity index (χ3n) is 5.14. The monoisotopic (exact) mass is 450 g/mol. The highest BCUT2D eigenvalue weighted by atomic mass is 14.9. The van der Waals surface area contributed by atoms with Crippen LogP contribution in [-0.2, 0) is 0 Å². The number of rotatable bonds is 11. The molecule has 174 valence electrons. The molecule has 0 atom stereocenters. The summed E-state index contributed by atoms with van der Waals surface area (Å²) in [4.78, 5) is 4.98. The Labute approximate surface area is 203 Å². The minimum Gasteiger partial charge on any atom is -0.405 e. The maximum atomic E-state index is 7.48. The van der Waals surface area contributed by atoms with Crippen LogP contribution in [0.1, 0.15) is 26.3 Å². The summed E-state index contributed by atoms with van der Waals surface area (Å²) in [6.07, 6.45) is 12.3. The van der Waals surface area contributed by atoms with E-state index in [0.29, 0.717) is 6.54 Å². The minimum atomic E-state index is 0.542. The highest BCUT2D eigenvalue weighted by molar-refractivity contribution is 6.04. The molecule has 0 aliphatic rings. The van der Waals surface area contributed by atoms with Crippen molar-refractivity contribution in [1.29, 1.82) is 5.41 Å². The Hall–Kier alpha value is -4.18. The Morgan fingerprint density at radius 1 is 1.06 bits per heavy atom. The van der Waals surface area contributed by atoms with Crippen LogP contribution in [0.3, 0.4) is 0 Å². The lowest BCUT2D eigenvalue weighted by Gasteiger charge is -2.18. The molecular weight excluding hydrogens is 416 g/mol. The van der Waals surface area contributed by atoms with Crippen LogP contribution in [0.2, 0.25) is 0 Å². The first kappa shape index (κ1) is 26.1. The molecule has 0 aliphatic carbocycles. The van der Waals surface area contributed by atoms with E-state index in [2.05, 4.69) is 36.7 Å². The van der Waals surface area contributed by atoms with Gasteiger partial charge in [0, 0.05) is 29.7 Å². The SMILES string of the molecule is C=C(/C=C\C=C/N)CNC(=C)c1c(N=C(C)C(/C=C(/C)C=N)=C/C)cccc1-c1ccccc1. The lowest BCUT2D eigenvalue weighted by molar-refractivity contribution is 0.983. The van der Waals surface area contributed by atoms with Gasteiger partial charge in [0.2, 0.25) is 0 Å². The highest BCUT2D eigenvalue weighted by Crippen LogP contribution is 2.35. The fourth-order valence-corrected chi connectivity index (χ4v) is 3.36. The van der Waals surface area contributed by atoms with Crippen molar-refractivity contribution in [2.24, 2.45) is 10.7 Å². The van der Waals surface area contributed by atoms with Crippen molar-refractivity contribution in [2.75, 3.05) is 6.54 Å². The molecular formula is C30H34N4. The largest absolute Gasteiger partial charge is 0.405 e. The molecule has 2 aromatic rings. The fourth-order valence-electron chi connectivity index (χ4n) is 3.36. The van der Waals surface area contributed by atoms with Crippen molar-refractivity contribution in [2.45, 2.75) is 20.8 Å². The van der Waals surface area contributed by atoms with E-state index in [1.807, 2.05) is 75.4 Å². The lowest BCUT2D eigenvalue weighted by Crippen LogP contribution is -2.14. The number of nitrogens with two attached hydrogens (primary N) is 1. The zero-order valence-electron chi connectivity index (χ0n) is 20.3. The normalized spacial score (nSPS) is 12.9. The van der Waals surface area contributed by atoms with Gasteiger partial charge < -0.3 is 16.5 Å². The van der Waals surface area contributed by atoms with Crippen LogP contribution in [0.25, 0.3) is 16.8 Å². The van der Waals surface area contributed by atoms with Crippen molar-refractivity contribution in [3.63, 3.8) is 0 Å². The Morgan fingerprint density at radius 3 is 2.44 bits per heavy atom. The summed E-state index contributed by atoms with van der Waals surface area (Å²) in [7, 11) is 0. The maximum absolute atomic E-state index is 7.48. The predicted octanol–water partition coefficient (Wildman–Crippen LogP) is 7.13. The van der Waals surface area contributed by atoms with Gasteiger partial charge >= 0.3 is 0 Å². The van der Waals surface area contributed by atoms with Crippen LogP contribution >= 0.6 is 0 Å². The van der Waals surface area contributed by atoms with Gasteiger partial charge in [-0.3, -0.25) is 4.99 Å². The average Bonchev–Trinajstić information content (AvgIpc) is 2.86. The van der Waals surface area contributed by atoms with E-state index in [4.69, 9.17) is 16.1 Å². The van der Waals surface area contributed by atoms with E-state index in [1.54, 1.807) is 6.08 Å². The third-order valence-corrected chi connectivity index (χ3v) is 5.14. The first-order chi connectivity index (χ1) is 16.4. The van der Waals surface area contributed by atoms with Crippen LogP contribution in [-0.4, -0.2) is 18.5 Å². The molecule has 0 spiro atoms. The zero-order chi connectivity index (χ0) is 24.9. The highest BCUT2D eigenvalue weighted by Gasteiger charge is 2.14. The van der Waals surface area contributed by atoms with Gasteiger partial charge in [0.1, 0.15) is 0 Å². The van der Waals surface area contributed by atoms with Gasteiger partial charge in [-0.05, 0) is 73.0 Å². The van der Waals surface area contributed by atoms with Crippen LogP contribution < -0.4 is 11.1 Å². The summed E-state index contributed by atoms with van der Waals surface area (Å²) in [6.45, 7) is 14.8. The molecule has 34 heavy (non-hydrogen) atoms. The molecule has 0 radical (unpaired) electrons. The summed E-state index contributed by atoms with van der Waals surface area (Å²) < 4.78 is 0. The molecule has 0 fully saturated rings. The van der Waals surface area contributed by atoms with Crippen LogP contribution in [0.15, 0.2) is 120 Å². The van der Waals surface area contributed by atoms with E-state index in [0.717, 1.165) is 50.5 Å². The average molecular weight is 451 g/mol. The van der Waals surface area contributed by atoms with Gasteiger partial charge in [0.15, 0.2) is 0 Å². The number of hydrogen-bond donors (Lipinski definition) is 3. The Kier molecular flexibility index (Phi) is 10.3. The minimum absolute atomic E-state index is 0.542. The molecule has 4 N–H and O–H groups in total. The molecule has 0 saturated carbocycles. The summed E-state index contributed by atoms with van der Waals surface area (Å²) >= 11 is 0. The molecule has 0 heterocycles. The topological polar surface area (TPSA) is 74.3 Å². The Bertz CT molecular complexity index is 1180. The molecule has 0 unspecified atom stereocenters. The van der Waals surface area contributed by atoms with Gasteiger partial charge in [0.05, 0.1) is 5.69 Å². The molecule has 2 aromatic carbocycles. The smallest absolute Gasteiger partial charge is 0.0732 e. The van der Waals surface area contributed by atoms with Crippen molar-refractivity contribution < 1.29 is 0 Å². The lowest BCUT2D eigenvalue weighted by atomic mass is 9.96. The van der Waals surface area contributed by atoms with Gasteiger partial charge in [-0.25, -0.2) is 0 Å². The number of nitrogens with zero attached hydrogens (tertiary/aromatic N) is 1. The van der Waals surface area contributed by atoms with Crippen molar-refractivity contribution in [1.82, 2.24) is 5.32 Å². The molecule has 4 nitrogen and oxygen atoms in total. The second-order valence-corrected chi connectivity index (χ2v) is 7.77. The fraction of sp³-hybridized carbons (Fsp3) is 0.133. The maximum Gasteiger partial charge on any atom is 0.0732 e. The van der Waals surface area contributed by atoms with Gasteiger partial charge in [0.25, 0.3) is 0 Å². The summed E-state index contributed by atoms with van der Waals surface area (Å²) in [5.41, 5.74) is 13.7. The van der Waals surface area contributed by atoms with Crippen LogP contribution in [0, 0.1) is 5.41 Å². The predicted molar refractivity (Wildman–Crippen MR) is 150 cm³/mol. The summed E-state index contributed by atoms with van der Waals surface area (Å²) in [5, 5.41) is 10.9. The Balaban J connectivity index is 2.52. The first-order valence-corrected chi connectivity index (χ1v) is 11.2. The van der Waals surface area contributed by atoms with Gasteiger partial charge in [-0.2, -0.15) is 0 Å². The van der Waals surface area contributed by atoms with E-state index >= 15 is 0 Å². The van der Waals surface area contributed by atoms with E-state index in [-0.39, 0.29) is 0 Å². The Morgan fingerprint density at radius 2 is 1.79 bits per heavy atom. The molecule has 0 bridgehead atoms. The number of nitrogens with one attached hydrogen (secondary N) is 2. The summed E-state index contributed by atoms with van der Waals surface area (Å²) in [5.74, 6) is 0. The van der Waals surface area contributed by atoms with Gasteiger partial charge in [-0.15, -0.1) is 0 Å². The van der Waals surface area contributed by atoms with Crippen LogP contribution in [0.5, 0.6) is 0 Å². The number of hydrogen-bond acceptors (Lipinski definition) is 4. The molecule has 0 aliphatic heterocycles. The third kappa shape index (κ3) is 7.45. The molecule has 2 rings (SSSR count). The summed E-state index contributed by atoms with van der Waals surface area (Å²) in [6, 6.07) is 16.3. The first-order valence-electron chi connectivity index (χ1n) is 11.2. The van der Waals surface area contributed by atoms with Crippen molar-refractivity contribution in [3.05, 3.63) is 121 Å². The zero-order valence-corrected chi connectivity index (χ0v) is 20.3. The molecule has 0 saturated heterocycles. The second kappa shape index (κ2) is 13.4. The van der Waals surface area contributed by atoms with Crippen molar-refractivity contribution >= 4 is 23.3 Å². The molecule has 0 amide bonds. The standard InChI is InChI=1S/C30H34N4/c1-6-26(19-23(3)20-32)24(4)34-29-17-12-16-28(27-14-8-7-9-15-27)30(29)25(5)33-21-22(2)13-10-11-18-31/h6-20,32-33H,2,5,21,31H2,1,3-4H3/b13-10-,18-11-,23-19-,26-6+,32-20?,34-24?. The number of benzene rings is 2. The molecule has 0 aromatic heterocycles. The quantitative estimate of drug-likeness (QED) is 0.251. The van der Waals surface area contributed by atoms with E-state index in [1.165, 1.54) is 12.4 Å². The number of aliphatic imine (C=N–C) groups is 1. The van der Waals surface area contributed by atoms with E-state index in [9.17, 15) is 0 Å². The van der Waals surface area contributed by atoms with E-state index < -0.39 is 0 Å².